The van der Waals surface area contributed by atoms with Crippen LogP contribution in [0.1, 0.15) is 0 Å². The first kappa shape index (κ1) is 16.2. The molecule has 0 heterocycles. The highest BCUT2D eigenvalue weighted by Crippen LogP contribution is 2.44. The van der Waals surface area contributed by atoms with Crippen molar-refractivity contribution in [3.8, 4) is 0 Å². The van der Waals surface area contributed by atoms with Crippen LogP contribution in [0.25, 0.3) is 0 Å². The normalized spacial score (nSPS) is 15.0. The zero-order chi connectivity index (χ0) is 13.6. The van der Waals surface area contributed by atoms with Crippen molar-refractivity contribution in [2.75, 3.05) is 0 Å². The second kappa shape index (κ2) is 4.13. The molecule has 0 aliphatic carbocycles. The van der Waals surface area contributed by atoms with Gasteiger partial charge in [-0.25, -0.2) is 13.6 Å². The van der Waals surface area contributed by atoms with Gasteiger partial charge in [0.2, 0.25) is 0 Å². The summed E-state index contributed by atoms with van der Waals surface area (Å²) in [7, 11) is -6.05. The molecule has 0 bridgehead atoms. The third-order valence-corrected chi connectivity index (χ3v) is 2.75. The zero-order valence-electron chi connectivity index (χ0n) is 6.86. The van der Waals surface area contributed by atoms with Crippen LogP contribution in [0.2, 0.25) is 0 Å². The predicted octanol–water partition coefficient (Wildman–Crippen LogP) is 1.44. The molecule has 0 unspecified atom stereocenters. The monoisotopic (exact) mass is 325 g/mol. The lowest BCUT2D eigenvalue weighted by atomic mass is 10.2. The lowest BCUT2D eigenvalue weighted by Crippen LogP contribution is -2.57. The van der Waals surface area contributed by atoms with E-state index in [0.29, 0.717) is 0 Å². The number of primary sulfonamides is 1. The molecule has 0 saturated carbocycles. The van der Waals surface area contributed by atoms with Gasteiger partial charge < -0.3 is 0 Å². The maximum Gasteiger partial charge on any atom is 0.427 e. The average molecular weight is 326 g/mol. The first-order valence-electron chi connectivity index (χ1n) is 3.05. The van der Waals surface area contributed by atoms with Gasteiger partial charge >= 0.3 is 11.2 Å². The van der Waals surface area contributed by atoms with Crippen molar-refractivity contribution in [3.63, 3.8) is 0 Å². The molecule has 4 nitrogen and oxygen atoms in total. The molecule has 0 radical (unpaired) electrons. The number of hydrogen-bond acceptors (Lipinski definition) is 3. The Morgan fingerprint density at radius 3 is 1.56 bits per heavy atom. The van der Waals surface area contributed by atoms with Crippen molar-refractivity contribution in [3.05, 3.63) is 0 Å². The number of carbonyl (C=O) groups is 1. The van der Waals surface area contributed by atoms with Gasteiger partial charge in [0.15, 0.2) is 0 Å². The van der Waals surface area contributed by atoms with Gasteiger partial charge in [-0.05, 0) is 0 Å². The van der Waals surface area contributed by atoms with E-state index < -0.39 is 30.8 Å². The lowest BCUT2D eigenvalue weighted by Gasteiger charge is -2.25. The first-order chi connectivity index (χ1) is 6.65. The Kier molecular flexibility index (Phi) is 4.17. The molecule has 0 aromatic rings. The second-order valence-electron chi connectivity index (χ2n) is 2.46. The van der Waals surface area contributed by atoms with E-state index in [2.05, 4.69) is 39.9 Å². The number of hydrogen-bond donors (Lipinski definition) is 1. The highest BCUT2D eigenvalue weighted by molar-refractivity contribution is 7.90. The summed E-state index contributed by atoms with van der Waals surface area (Å²) in [4.78, 5) is 10.6. The van der Waals surface area contributed by atoms with Gasteiger partial charge in [-0.15, -0.1) is 0 Å². The first-order valence-corrected chi connectivity index (χ1v) is 5.73. The van der Waals surface area contributed by atoms with Gasteiger partial charge in [-0.3, -0.25) is 4.79 Å². The van der Waals surface area contributed by atoms with Crippen LogP contribution < -0.4 is 5.14 Å². The van der Waals surface area contributed by atoms with E-state index in [1.165, 1.54) is 0 Å². The molecule has 0 aromatic carbocycles. The number of Topliss-reactive ketones (excluding diaryl/α,β-unsaturated/α-hetero) is 1. The van der Waals surface area contributed by atoms with E-state index in [1.807, 2.05) is 0 Å². The van der Waals surface area contributed by atoms with E-state index >= 15 is 0 Å². The van der Waals surface area contributed by atoms with Crippen LogP contribution in [0.4, 0.5) is 17.6 Å². The Hall–Kier alpha value is 0.170. The van der Waals surface area contributed by atoms with Crippen molar-refractivity contribution in [2.24, 2.45) is 5.14 Å². The maximum absolute atomic E-state index is 12.8. The van der Waals surface area contributed by atoms with E-state index in [-0.39, 0.29) is 0 Å². The number of alkyl halides is 7. The fourth-order valence-electron chi connectivity index (χ4n) is 0.489. The Morgan fingerprint density at radius 1 is 1.06 bits per heavy atom. The molecule has 0 atom stereocenters. The molecule has 2 N–H and O–H groups in total. The molecular formula is C4H2Cl3F4NO3S. The number of carbonyl (C=O) groups excluding carboxylic acids is 1. The van der Waals surface area contributed by atoms with Crippen LogP contribution in [0, 0.1) is 0 Å². The standard InChI is InChI=1S/C4H2Cl3F4NO3S/c5-3(6,7)1(13)2(8,9)4(10,11)16(12,14)15/h(H2,12,14,15). The van der Waals surface area contributed by atoms with E-state index in [9.17, 15) is 30.8 Å². The topological polar surface area (TPSA) is 77.2 Å². The third-order valence-electron chi connectivity index (χ3n) is 1.27. The second-order valence-corrected chi connectivity index (χ2v) is 6.35. The molecule has 0 amide bonds. The average Bonchev–Trinajstić information content (AvgIpc) is 1.98. The third kappa shape index (κ3) is 2.70. The SMILES string of the molecule is NS(=O)(=O)C(F)(F)C(F)(F)C(=O)C(Cl)(Cl)Cl. The molecule has 12 heteroatoms. The molecule has 0 aromatic heterocycles. The largest absolute Gasteiger partial charge is 0.427 e. The molecule has 0 aliphatic rings. The van der Waals surface area contributed by atoms with E-state index in [4.69, 9.17) is 0 Å². The number of halogens is 7. The summed E-state index contributed by atoms with van der Waals surface area (Å²) in [6, 6.07) is 0. The van der Waals surface area contributed by atoms with Gasteiger partial charge in [0, 0.05) is 0 Å². The molecule has 0 spiro atoms. The van der Waals surface area contributed by atoms with E-state index in [0.717, 1.165) is 0 Å². The highest BCUT2D eigenvalue weighted by atomic mass is 35.6. The summed E-state index contributed by atoms with van der Waals surface area (Å²) >= 11 is 14.0. The molecular weight excluding hydrogens is 324 g/mol. The molecule has 16 heavy (non-hydrogen) atoms. The Bertz CT molecular complexity index is 403. The molecule has 0 aliphatic heterocycles. The minimum atomic E-state index is -6.05. The van der Waals surface area contributed by atoms with Crippen molar-refractivity contribution in [1.29, 1.82) is 0 Å². The van der Waals surface area contributed by atoms with Crippen molar-refractivity contribution >= 4 is 50.6 Å². The van der Waals surface area contributed by atoms with Crippen LogP contribution >= 0.6 is 34.8 Å². The summed E-state index contributed by atoms with van der Waals surface area (Å²) in [5.41, 5.74) is 0. The summed E-state index contributed by atoms with van der Waals surface area (Å²) in [5, 5.41) is -2.03. The smallest absolute Gasteiger partial charge is 0.288 e. The number of nitrogens with two attached hydrogens (primary N) is 1. The zero-order valence-corrected chi connectivity index (χ0v) is 9.94. The number of rotatable bonds is 3. The van der Waals surface area contributed by atoms with Crippen LogP contribution in [-0.4, -0.2) is 29.2 Å². The Labute approximate surface area is 102 Å². The van der Waals surface area contributed by atoms with Gasteiger partial charge in [-0.1, -0.05) is 34.8 Å². The molecule has 0 saturated heterocycles. The lowest BCUT2D eigenvalue weighted by molar-refractivity contribution is -0.177. The molecule has 0 fully saturated rings. The van der Waals surface area contributed by atoms with Crippen LogP contribution in [0.15, 0.2) is 0 Å². The van der Waals surface area contributed by atoms with E-state index in [1.54, 1.807) is 0 Å². The summed E-state index contributed by atoms with van der Waals surface area (Å²) < 4.78 is 67.8. The van der Waals surface area contributed by atoms with Crippen molar-refractivity contribution < 1.29 is 30.8 Å². The molecule has 0 rings (SSSR count). The summed E-state index contributed by atoms with van der Waals surface area (Å²) in [6.07, 6.45) is 0. The fraction of sp³-hybridized carbons (Fsp3) is 0.750. The van der Waals surface area contributed by atoms with Gasteiger partial charge in [0.25, 0.3) is 19.6 Å². The maximum atomic E-state index is 12.8. The molecule has 96 valence electrons. The minimum Gasteiger partial charge on any atom is -0.288 e. The predicted molar refractivity (Wildman–Crippen MR) is 48.3 cm³/mol. The van der Waals surface area contributed by atoms with Crippen molar-refractivity contribution in [1.82, 2.24) is 0 Å². The van der Waals surface area contributed by atoms with Crippen molar-refractivity contribution in [2.45, 2.75) is 15.0 Å². The van der Waals surface area contributed by atoms with Gasteiger partial charge in [0.05, 0.1) is 0 Å². The quantitative estimate of drug-likeness (QED) is 0.630. The van der Waals surface area contributed by atoms with Crippen LogP contribution in [0.3, 0.4) is 0 Å². The van der Waals surface area contributed by atoms with Gasteiger partial charge in [-0.2, -0.15) is 17.6 Å². The Morgan fingerprint density at radius 2 is 1.38 bits per heavy atom. The summed E-state index contributed by atoms with van der Waals surface area (Å²) in [5.74, 6) is -8.66. The van der Waals surface area contributed by atoms with Crippen LogP contribution in [0.5, 0.6) is 0 Å². The van der Waals surface area contributed by atoms with Gasteiger partial charge in [0.1, 0.15) is 0 Å². The van der Waals surface area contributed by atoms with Crippen LogP contribution in [-0.2, 0) is 14.8 Å². The fourth-order valence-corrected chi connectivity index (χ4v) is 1.29. The Balaban J connectivity index is 5.65. The number of sulfonamides is 1. The highest BCUT2D eigenvalue weighted by Gasteiger charge is 2.72. The summed E-state index contributed by atoms with van der Waals surface area (Å²) in [6.45, 7) is 0. The minimum absolute atomic E-state index is 2.90. The number of ketones is 1.